The summed E-state index contributed by atoms with van der Waals surface area (Å²) in [5.74, 6) is 0. The van der Waals surface area contributed by atoms with Crippen molar-refractivity contribution in [2.24, 2.45) is 0 Å². The van der Waals surface area contributed by atoms with Crippen LogP contribution in [0.1, 0.15) is 13.8 Å². The van der Waals surface area contributed by atoms with E-state index in [4.69, 9.17) is 0 Å². The molecule has 2 unspecified atom stereocenters. The number of sulfone groups is 1. The van der Waals surface area contributed by atoms with Gasteiger partial charge in [-0.05, 0) is 26.0 Å². The van der Waals surface area contributed by atoms with Crippen molar-refractivity contribution in [2.45, 2.75) is 36.3 Å². The van der Waals surface area contributed by atoms with Crippen molar-refractivity contribution < 1.29 is 21.6 Å². The standard InChI is InChI=1S/C13H17F3N2O2S/c1-9-7-18(8-10(2)17-9)11-5-3-4-6-12(11)21(19,20)13(14,15)16/h3-6,9-10,17H,7-8H2,1-2H3. The highest BCUT2D eigenvalue weighted by molar-refractivity contribution is 7.92. The Bertz CT molecular complexity index is 606. The highest BCUT2D eigenvalue weighted by Gasteiger charge is 2.48. The lowest BCUT2D eigenvalue weighted by Gasteiger charge is -2.38. The Balaban J connectivity index is 2.47. The van der Waals surface area contributed by atoms with E-state index in [0.717, 1.165) is 6.07 Å². The first-order valence-electron chi connectivity index (χ1n) is 6.54. The fourth-order valence-electron chi connectivity index (χ4n) is 2.59. The Morgan fingerprint density at radius 1 is 1.14 bits per heavy atom. The molecule has 0 aliphatic carbocycles. The van der Waals surface area contributed by atoms with Gasteiger partial charge in [0, 0.05) is 25.2 Å². The molecule has 1 fully saturated rings. The van der Waals surface area contributed by atoms with Crippen LogP contribution >= 0.6 is 0 Å². The fraction of sp³-hybridized carbons (Fsp3) is 0.538. The number of hydrogen-bond donors (Lipinski definition) is 1. The zero-order valence-electron chi connectivity index (χ0n) is 11.7. The molecule has 8 heteroatoms. The minimum Gasteiger partial charge on any atom is -0.367 e. The summed E-state index contributed by atoms with van der Waals surface area (Å²) in [7, 11) is -5.35. The summed E-state index contributed by atoms with van der Waals surface area (Å²) in [6.07, 6.45) is 0. The first kappa shape index (κ1) is 16.1. The normalized spacial score (nSPS) is 24.1. The number of hydrogen-bond acceptors (Lipinski definition) is 4. The molecule has 0 spiro atoms. The van der Waals surface area contributed by atoms with Gasteiger partial charge in [0.15, 0.2) is 0 Å². The highest BCUT2D eigenvalue weighted by atomic mass is 32.2. The number of anilines is 1. The molecule has 118 valence electrons. The lowest BCUT2D eigenvalue weighted by atomic mass is 10.1. The van der Waals surface area contributed by atoms with Gasteiger partial charge in [-0.2, -0.15) is 13.2 Å². The van der Waals surface area contributed by atoms with E-state index in [1.54, 1.807) is 11.0 Å². The summed E-state index contributed by atoms with van der Waals surface area (Å²) in [5.41, 5.74) is -5.19. The largest absolute Gasteiger partial charge is 0.501 e. The van der Waals surface area contributed by atoms with E-state index in [9.17, 15) is 21.6 Å². The second kappa shape index (κ2) is 5.49. The summed E-state index contributed by atoms with van der Waals surface area (Å²) in [5, 5.41) is 3.25. The minimum atomic E-state index is -5.35. The van der Waals surface area contributed by atoms with Crippen LogP contribution in [0.4, 0.5) is 18.9 Å². The Morgan fingerprint density at radius 3 is 2.19 bits per heavy atom. The summed E-state index contributed by atoms with van der Waals surface area (Å²) in [6, 6.07) is 5.41. The van der Waals surface area contributed by atoms with Gasteiger partial charge in [-0.25, -0.2) is 8.42 Å². The Kier molecular flexibility index (Phi) is 4.21. The zero-order chi connectivity index (χ0) is 15.8. The number of nitrogens with one attached hydrogen (secondary N) is 1. The maximum atomic E-state index is 12.8. The highest BCUT2D eigenvalue weighted by Crippen LogP contribution is 2.36. The monoisotopic (exact) mass is 322 g/mol. The summed E-state index contributed by atoms with van der Waals surface area (Å²) in [4.78, 5) is 1.00. The predicted molar refractivity (Wildman–Crippen MR) is 74.0 cm³/mol. The van der Waals surface area contributed by atoms with Crippen molar-refractivity contribution >= 4 is 15.5 Å². The number of piperazine rings is 1. The smallest absolute Gasteiger partial charge is 0.367 e. The first-order chi connectivity index (χ1) is 9.63. The quantitative estimate of drug-likeness (QED) is 0.907. The molecule has 2 rings (SSSR count). The Hall–Kier alpha value is -1.28. The van der Waals surface area contributed by atoms with Crippen LogP contribution in [-0.4, -0.2) is 39.1 Å². The molecule has 0 amide bonds. The van der Waals surface area contributed by atoms with Gasteiger partial charge >= 0.3 is 5.51 Å². The van der Waals surface area contributed by atoms with Gasteiger partial charge in [0.25, 0.3) is 9.84 Å². The minimum absolute atomic E-state index is 0.0652. The third kappa shape index (κ3) is 3.16. The van der Waals surface area contributed by atoms with Crippen molar-refractivity contribution in [3.63, 3.8) is 0 Å². The number of rotatable bonds is 2. The molecule has 1 saturated heterocycles. The average molecular weight is 322 g/mol. The molecule has 0 saturated carbocycles. The molecular formula is C13H17F3N2O2S. The molecule has 0 radical (unpaired) electrons. The van der Waals surface area contributed by atoms with Gasteiger partial charge in [0.05, 0.1) is 10.6 Å². The van der Waals surface area contributed by atoms with Crippen LogP contribution in [0.2, 0.25) is 0 Å². The van der Waals surface area contributed by atoms with Gasteiger partial charge in [-0.3, -0.25) is 0 Å². The van der Waals surface area contributed by atoms with E-state index in [0.29, 0.717) is 13.1 Å². The van der Waals surface area contributed by atoms with E-state index in [1.807, 2.05) is 13.8 Å². The maximum Gasteiger partial charge on any atom is 0.501 e. The number of halogens is 3. The SMILES string of the molecule is CC1CN(c2ccccc2S(=O)(=O)C(F)(F)F)CC(C)N1. The third-order valence-electron chi connectivity index (χ3n) is 3.36. The van der Waals surface area contributed by atoms with E-state index in [-0.39, 0.29) is 17.8 Å². The molecular weight excluding hydrogens is 305 g/mol. The molecule has 0 bridgehead atoms. The van der Waals surface area contributed by atoms with Crippen LogP contribution in [0.3, 0.4) is 0 Å². The molecule has 1 aromatic rings. The van der Waals surface area contributed by atoms with Gasteiger partial charge in [-0.15, -0.1) is 0 Å². The van der Waals surface area contributed by atoms with E-state index in [2.05, 4.69) is 5.32 Å². The van der Waals surface area contributed by atoms with Gasteiger partial charge in [0.2, 0.25) is 0 Å². The third-order valence-corrected chi connectivity index (χ3v) is 4.89. The van der Waals surface area contributed by atoms with Gasteiger partial charge < -0.3 is 10.2 Å². The van der Waals surface area contributed by atoms with Crippen molar-refractivity contribution in [3.05, 3.63) is 24.3 Å². The van der Waals surface area contributed by atoms with Crippen molar-refractivity contribution in [1.82, 2.24) is 5.32 Å². The predicted octanol–water partition coefficient (Wildman–Crippen LogP) is 2.17. The molecule has 1 aliphatic heterocycles. The maximum absolute atomic E-state index is 12.8. The second-order valence-corrected chi connectivity index (χ2v) is 7.20. The first-order valence-corrected chi connectivity index (χ1v) is 8.02. The van der Waals surface area contributed by atoms with Crippen LogP contribution < -0.4 is 10.2 Å². The van der Waals surface area contributed by atoms with E-state index < -0.39 is 20.2 Å². The molecule has 21 heavy (non-hydrogen) atoms. The fourth-order valence-corrected chi connectivity index (χ4v) is 3.57. The topological polar surface area (TPSA) is 49.4 Å². The molecule has 2 atom stereocenters. The van der Waals surface area contributed by atoms with Crippen molar-refractivity contribution in [1.29, 1.82) is 0 Å². The number of nitrogens with zero attached hydrogens (tertiary/aromatic N) is 1. The molecule has 1 N–H and O–H groups in total. The molecule has 1 aromatic carbocycles. The van der Waals surface area contributed by atoms with Gasteiger partial charge in [-0.1, -0.05) is 12.1 Å². The summed E-state index contributed by atoms with van der Waals surface area (Å²) >= 11 is 0. The van der Waals surface area contributed by atoms with Crippen LogP contribution in [0, 0.1) is 0 Å². The second-order valence-electron chi connectivity index (χ2n) is 5.29. The van der Waals surface area contributed by atoms with Crippen molar-refractivity contribution in [2.75, 3.05) is 18.0 Å². The summed E-state index contributed by atoms with van der Waals surface area (Å²) in [6.45, 7) is 4.72. The lowest BCUT2D eigenvalue weighted by molar-refractivity contribution is -0.0435. The van der Waals surface area contributed by atoms with Crippen LogP contribution in [0.5, 0.6) is 0 Å². The number of alkyl halides is 3. The number of benzene rings is 1. The molecule has 1 aliphatic rings. The van der Waals surface area contributed by atoms with E-state index in [1.165, 1.54) is 12.1 Å². The number of para-hydroxylation sites is 1. The zero-order valence-corrected chi connectivity index (χ0v) is 12.5. The lowest BCUT2D eigenvalue weighted by Crippen LogP contribution is -2.54. The van der Waals surface area contributed by atoms with Crippen LogP contribution in [0.25, 0.3) is 0 Å². The van der Waals surface area contributed by atoms with Crippen molar-refractivity contribution in [3.8, 4) is 0 Å². The molecule has 0 aromatic heterocycles. The van der Waals surface area contributed by atoms with Crippen LogP contribution in [0.15, 0.2) is 29.2 Å². The molecule has 4 nitrogen and oxygen atoms in total. The Labute approximate surface area is 121 Å². The van der Waals surface area contributed by atoms with Gasteiger partial charge in [0.1, 0.15) is 0 Å². The van der Waals surface area contributed by atoms with Crippen LogP contribution in [-0.2, 0) is 9.84 Å². The Morgan fingerprint density at radius 2 is 1.67 bits per heavy atom. The molecule has 1 heterocycles. The summed E-state index contributed by atoms with van der Waals surface area (Å²) < 4.78 is 61.8. The van der Waals surface area contributed by atoms with E-state index >= 15 is 0 Å². The average Bonchev–Trinajstić information content (AvgIpc) is 2.36.